The van der Waals surface area contributed by atoms with Crippen LogP contribution in [0.4, 0.5) is 0 Å². The maximum atomic E-state index is 12.5. The molecular weight excluding hydrogens is 346 g/mol. The third kappa shape index (κ3) is 5.13. The molecule has 2 rings (SSSR count). The molecule has 0 radical (unpaired) electrons. The molecule has 0 saturated heterocycles. The monoisotopic (exact) mass is 363 g/mol. The Morgan fingerprint density at radius 1 is 1.20 bits per heavy atom. The summed E-state index contributed by atoms with van der Waals surface area (Å²) in [4.78, 5) is 21.5. The number of aliphatic carboxylic acids is 1. The van der Waals surface area contributed by atoms with Crippen molar-refractivity contribution in [3.05, 3.63) is 54.1 Å². The summed E-state index contributed by atoms with van der Waals surface area (Å²) in [5, 5.41) is 8.74. The van der Waals surface area contributed by atoms with Crippen molar-refractivity contribution in [2.24, 2.45) is 0 Å². The van der Waals surface area contributed by atoms with Gasteiger partial charge >= 0.3 is 5.97 Å². The number of rotatable bonds is 8. The van der Waals surface area contributed by atoms with Crippen LogP contribution < -0.4 is 9.46 Å². The van der Waals surface area contributed by atoms with Crippen LogP contribution >= 0.6 is 0 Å². The maximum absolute atomic E-state index is 12.5. The van der Waals surface area contributed by atoms with E-state index in [2.05, 4.69) is 4.72 Å². The highest BCUT2D eigenvalue weighted by Gasteiger charge is 2.25. The number of carboxylic acid groups (broad SMARTS) is 1. The van der Waals surface area contributed by atoms with Crippen molar-refractivity contribution in [1.29, 1.82) is 0 Å². The molecule has 0 amide bonds. The molecule has 0 aliphatic carbocycles. The zero-order chi connectivity index (χ0) is 18.4. The SMILES string of the molecule is Cc1ccc(Oc2ccccc2S(=O)(=O)N[C@H](C=O)CC(=O)O)cc1. The van der Waals surface area contributed by atoms with Gasteiger partial charge in [0.05, 0.1) is 12.5 Å². The van der Waals surface area contributed by atoms with Gasteiger partial charge in [0.2, 0.25) is 10.0 Å². The Balaban J connectivity index is 2.30. The first kappa shape index (κ1) is 18.6. The number of aldehydes is 1. The van der Waals surface area contributed by atoms with Crippen molar-refractivity contribution in [3.8, 4) is 11.5 Å². The lowest BCUT2D eigenvalue weighted by Crippen LogP contribution is -2.37. The van der Waals surface area contributed by atoms with E-state index < -0.39 is 28.5 Å². The van der Waals surface area contributed by atoms with Gasteiger partial charge in [-0.05, 0) is 31.2 Å². The van der Waals surface area contributed by atoms with Crippen molar-refractivity contribution in [1.82, 2.24) is 4.72 Å². The molecule has 0 bridgehead atoms. The lowest BCUT2D eigenvalue weighted by molar-refractivity contribution is -0.138. The van der Waals surface area contributed by atoms with E-state index in [1.807, 2.05) is 19.1 Å². The fraction of sp³-hybridized carbons (Fsp3) is 0.176. The lowest BCUT2D eigenvalue weighted by atomic mass is 10.2. The number of sulfonamides is 1. The van der Waals surface area contributed by atoms with Gasteiger partial charge in [0, 0.05) is 0 Å². The summed E-state index contributed by atoms with van der Waals surface area (Å²) in [6, 6.07) is 11.6. The molecule has 0 heterocycles. The highest BCUT2D eigenvalue weighted by molar-refractivity contribution is 7.89. The highest BCUT2D eigenvalue weighted by Crippen LogP contribution is 2.28. The van der Waals surface area contributed by atoms with Crippen LogP contribution in [0.15, 0.2) is 53.4 Å². The Morgan fingerprint density at radius 3 is 2.44 bits per heavy atom. The third-order valence-electron chi connectivity index (χ3n) is 3.25. The van der Waals surface area contributed by atoms with Crippen molar-refractivity contribution in [2.45, 2.75) is 24.3 Å². The zero-order valence-electron chi connectivity index (χ0n) is 13.4. The second kappa shape index (κ2) is 7.91. The van der Waals surface area contributed by atoms with Gasteiger partial charge in [-0.25, -0.2) is 13.1 Å². The van der Waals surface area contributed by atoms with E-state index in [4.69, 9.17) is 9.84 Å². The Bertz CT molecular complexity index is 861. The Hall–Kier alpha value is -2.71. The minimum Gasteiger partial charge on any atom is -0.481 e. The Kier molecular flexibility index (Phi) is 5.89. The summed E-state index contributed by atoms with van der Waals surface area (Å²) in [7, 11) is -4.15. The summed E-state index contributed by atoms with van der Waals surface area (Å²) in [5.74, 6) is -0.770. The number of carbonyl (C=O) groups excluding carboxylic acids is 1. The van der Waals surface area contributed by atoms with E-state index in [0.717, 1.165) is 5.56 Å². The highest BCUT2D eigenvalue weighted by atomic mass is 32.2. The first-order valence-corrected chi connectivity index (χ1v) is 8.83. The molecule has 1 atom stereocenters. The molecule has 2 N–H and O–H groups in total. The summed E-state index contributed by atoms with van der Waals surface area (Å²) in [5.41, 5.74) is 1.03. The molecule has 0 fully saturated rings. The normalized spacial score (nSPS) is 12.4. The van der Waals surface area contributed by atoms with Gasteiger partial charge in [0.25, 0.3) is 0 Å². The average molecular weight is 363 g/mol. The van der Waals surface area contributed by atoms with Gasteiger partial charge in [-0.1, -0.05) is 29.8 Å². The fourth-order valence-electron chi connectivity index (χ4n) is 2.06. The number of hydrogen-bond donors (Lipinski definition) is 2. The van der Waals surface area contributed by atoms with E-state index in [1.165, 1.54) is 18.2 Å². The van der Waals surface area contributed by atoms with Crippen LogP contribution in [-0.4, -0.2) is 31.8 Å². The summed E-state index contributed by atoms with van der Waals surface area (Å²) >= 11 is 0. The number of hydrogen-bond acceptors (Lipinski definition) is 5. The number of aryl methyl sites for hydroxylation is 1. The van der Waals surface area contributed by atoms with Crippen LogP contribution in [-0.2, 0) is 19.6 Å². The molecule has 0 aromatic heterocycles. The molecule has 2 aromatic carbocycles. The van der Waals surface area contributed by atoms with Gasteiger partial charge in [0.1, 0.15) is 22.7 Å². The van der Waals surface area contributed by atoms with Crippen LogP contribution in [0.25, 0.3) is 0 Å². The van der Waals surface area contributed by atoms with Gasteiger partial charge in [0.15, 0.2) is 0 Å². The van der Waals surface area contributed by atoms with E-state index in [-0.39, 0.29) is 16.9 Å². The quantitative estimate of drug-likeness (QED) is 0.695. The van der Waals surface area contributed by atoms with Gasteiger partial charge in [-0.15, -0.1) is 0 Å². The Labute approximate surface area is 145 Å². The second-order valence-corrected chi connectivity index (χ2v) is 7.01. The van der Waals surface area contributed by atoms with E-state index >= 15 is 0 Å². The molecular formula is C17H17NO6S. The minimum atomic E-state index is -4.15. The maximum Gasteiger partial charge on any atom is 0.305 e. The first-order chi connectivity index (χ1) is 11.8. The minimum absolute atomic E-state index is 0.0684. The molecule has 132 valence electrons. The van der Waals surface area contributed by atoms with Crippen LogP contribution in [0.3, 0.4) is 0 Å². The molecule has 0 unspecified atom stereocenters. The summed E-state index contributed by atoms with van der Waals surface area (Å²) < 4.78 is 32.7. The van der Waals surface area contributed by atoms with Crippen LogP contribution in [0.5, 0.6) is 11.5 Å². The van der Waals surface area contributed by atoms with Crippen molar-refractivity contribution >= 4 is 22.3 Å². The zero-order valence-corrected chi connectivity index (χ0v) is 14.2. The van der Waals surface area contributed by atoms with Crippen molar-refractivity contribution in [3.63, 3.8) is 0 Å². The van der Waals surface area contributed by atoms with Gasteiger partial charge in [-0.2, -0.15) is 0 Å². The number of nitrogens with one attached hydrogen (secondary N) is 1. The predicted molar refractivity (Wildman–Crippen MR) is 90.1 cm³/mol. The number of ether oxygens (including phenoxy) is 1. The molecule has 0 spiro atoms. The van der Waals surface area contributed by atoms with Gasteiger partial charge < -0.3 is 14.6 Å². The molecule has 7 nitrogen and oxygen atoms in total. The number of carbonyl (C=O) groups is 2. The Morgan fingerprint density at radius 2 is 1.84 bits per heavy atom. The largest absolute Gasteiger partial charge is 0.481 e. The van der Waals surface area contributed by atoms with E-state index in [9.17, 15) is 18.0 Å². The van der Waals surface area contributed by atoms with E-state index in [0.29, 0.717) is 5.75 Å². The summed E-state index contributed by atoms with van der Waals surface area (Å²) in [6.45, 7) is 1.91. The van der Waals surface area contributed by atoms with Crippen LogP contribution in [0, 0.1) is 6.92 Å². The van der Waals surface area contributed by atoms with Gasteiger partial charge in [-0.3, -0.25) is 4.79 Å². The number of benzene rings is 2. The molecule has 8 heteroatoms. The van der Waals surface area contributed by atoms with E-state index in [1.54, 1.807) is 18.2 Å². The second-order valence-electron chi connectivity index (χ2n) is 5.32. The fourth-order valence-corrected chi connectivity index (χ4v) is 3.35. The van der Waals surface area contributed by atoms with Crippen molar-refractivity contribution < 1.29 is 27.9 Å². The van der Waals surface area contributed by atoms with Crippen molar-refractivity contribution in [2.75, 3.05) is 0 Å². The molecule has 2 aromatic rings. The standard InChI is InChI=1S/C17H17NO6S/c1-12-6-8-14(9-7-12)24-15-4-2-3-5-16(15)25(22,23)18-13(11-19)10-17(20)21/h2-9,11,13,18H,10H2,1H3,(H,20,21)/t13-/m0/s1. The molecule has 25 heavy (non-hydrogen) atoms. The lowest BCUT2D eigenvalue weighted by Gasteiger charge is -2.15. The average Bonchev–Trinajstić information content (AvgIpc) is 2.56. The molecule has 0 aliphatic heterocycles. The summed E-state index contributed by atoms with van der Waals surface area (Å²) in [6.07, 6.45) is -0.404. The van der Waals surface area contributed by atoms with Crippen LogP contribution in [0.1, 0.15) is 12.0 Å². The molecule has 0 aliphatic rings. The first-order valence-electron chi connectivity index (χ1n) is 7.35. The number of para-hydroxylation sites is 1. The molecule has 0 saturated carbocycles. The number of carboxylic acids is 1. The predicted octanol–water partition coefficient (Wildman–Crippen LogP) is 2.11. The topological polar surface area (TPSA) is 110 Å². The third-order valence-corrected chi connectivity index (χ3v) is 4.78. The smallest absolute Gasteiger partial charge is 0.305 e. The van der Waals surface area contributed by atoms with Crippen LogP contribution in [0.2, 0.25) is 0 Å².